The normalized spacial score (nSPS) is 12.8. The Hall–Kier alpha value is -3.99. The van der Waals surface area contributed by atoms with Crippen LogP contribution in [0.1, 0.15) is 48.5 Å². The number of thioether (sulfide) groups is 1. The van der Waals surface area contributed by atoms with Crippen molar-refractivity contribution in [3.05, 3.63) is 71.8 Å². The summed E-state index contributed by atoms with van der Waals surface area (Å²) in [4.78, 5) is 62.5. The van der Waals surface area contributed by atoms with Gasteiger partial charge in [-0.1, -0.05) is 67.1 Å². The van der Waals surface area contributed by atoms with Crippen LogP contribution in [0, 0.1) is 0 Å². The lowest BCUT2D eigenvalue weighted by Crippen LogP contribution is -2.65. The van der Waals surface area contributed by atoms with Gasteiger partial charge in [0.25, 0.3) is 10.8 Å². The summed E-state index contributed by atoms with van der Waals surface area (Å²) in [7, 11) is 0. The van der Waals surface area contributed by atoms with Crippen molar-refractivity contribution in [3.8, 4) is 0 Å². The average Bonchev–Trinajstić information content (AvgIpc) is 3.03. The largest absolute Gasteiger partial charge is 0.490 e. The van der Waals surface area contributed by atoms with E-state index in [0.717, 1.165) is 11.8 Å². The predicted octanol–water partition coefficient (Wildman–Crippen LogP) is 3.47. The molecule has 0 fully saturated rings. The molecule has 2 aromatic carbocycles. The number of carboxylic acids is 1. The maximum absolute atomic E-state index is 14.2. The van der Waals surface area contributed by atoms with E-state index in [1.165, 1.54) is 12.1 Å². The second-order valence-corrected chi connectivity index (χ2v) is 10.7. The van der Waals surface area contributed by atoms with Gasteiger partial charge in [0.2, 0.25) is 5.78 Å². The smallest absolute Gasteiger partial charge is 0.475 e. The molecule has 2 amide bonds. The van der Waals surface area contributed by atoms with Gasteiger partial charge in [-0.15, -0.1) is 11.8 Å². The number of imide groups is 1. The van der Waals surface area contributed by atoms with Gasteiger partial charge in [0, 0.05) is 5.56 Å². The molecule has 0 saturated heterocycles. The van der Waals surface area contributed by atoms with Gasteiger partial charge in [0.15, 0.2) is 0 Å². The van der Waals surface area contributed by atoms with Gasteiger partial charge < -0.3 is 31.8 Å². The molecule has 0 saturated carbocycles. The minimum atomic E-state index is -5.08. The number of esters is 1. The Morgan fingerprint density at radius 3 is 1.93 bits per heavy atom. The van der Waals surface area contributed by atoms with Gasteiger partial charge in [0.05, 0.1) is 12.6 Å². The summed E-state index contributed by atoms with van der Waals surface area (Å²) in [6, 6.07) is 15.6. The number of nitrogens with zero attached hydrogens (tertiary/aromatic N) is 1. The first-order valence-corrected chi connectivity index (χ1v) is 15.2. The third-order valence-corrected chi connectivity index (χ3v) is 7.45. The Morgan fingerprint density at radius 1 is 0.891 bits per heavy atom. The number of rotatable bonds is 16. The van der Waals surface area contributed by atoms with Crippen LogP contribution in [0.5, 0.6) is 0 Å². The standard InChI is InChI=1S/C28H38N4O6S.C2HF3O2/c1-2-37-26(35)28(39-19-11-18-30,24(33)22-14-7-4-8-15-22)32(25(34)23(31)16-9-10-17-29)27(36)38-20-21-12-5-3-6-13-21;3-2(4,5)1(6)7/h3-8,12-15,23H,2,9-11,16-20,29-31H2,1H3;(H,6,7)/t23-,28?;/m0./s1. The number of nitrogens with two attached hydrogens (primary N) is 3. The molecule has 2 rings (SSSR count). The van der Waals surface area contributed by atoms with E-state index in [9.17, 15) is 32.3 Å². The number of carbonyl (C=O) groups excluding carboxylic acids is 4. The first-order valence-electron chi connectivity index (χ1n) is 14.2. The van der Waals surface area contributed by atoms with E-state index < -0.39 is 46.8 Å². The fraction of sp³-hybridized carbons (Fsp3) is 0.433. The molecular formula is C30H39F3N4O8S. The van der Waals surface area contributed by atoms with E-state index in [4.69, 9.17) is 36.6 Å². The molecule has 0 aromatic heterocycles. The zero-order valence-electron chi connectivity index (χ0n) is 25.2. The van der Waals surface area contributed by atoms with Crippen molar-refractivity contribution in [1.29, 1.82) is 0 Å². The Morgan fingerprint density at radius 2 is 1.43 bits per heavy atom. The highest BCUT2D eigenvalue weighted by atomic mass is 32.2. The van der Waals surface area contributed by atoms with Crippen molar-refractivity contribution >= 4 is 41.5 Å². The van der Waals surface area contributed by atoms with Gasteiger partial charge in [-0.2, -0.15) is 13.2 Å². The minimum Gasteiger partial charge on any atom is -0.475 e. The van der Waals surface area contributed by atoms with E-state index in [1.54, 1.807) is 55.5 Å². The monoisotopic (exact) mass is 672 g/mol. The van der Waals surface area contributed by atoms with Crippen LogP contribution in [0.15, 0.2) is 60.7 Å². The first-order chi connectivity index (χ1) is 21.8. The Labute approximate surface area is 268 Å². The molecule has 12 nitrogen and oxygen atoms in total. The lowest BCUT2D eigenvalue weighted by atomic mass is 10.0. The van der Waals surface area contributed by atoms with E-state index in [1.807, 2.05) is 0 Å². The number of halogens is 3. The number of hydrogen-bond donors (Lipinski definition) is 4. The molecule has 0 spiro atoms. The molecule has 7 N–H and O–H groups in total. The molecule has 16 heteroatoms. The summed E-state index contributed by atoms with van der Waals surface area (Å²) in [6.45, 7) is 1.94. The van der Waals surface area contributed by atoms with Crippen molar-refractivity contribution in [1.82, 2.24) is 4.90 Å². The van der Waals surface area contributed by atoms with Crippen LogP contribution >= 0.6 is 11.8 Å². The van der Waals surface area contributed by atoms with Gasteiger partial charge in [-0.05, 0) is 50.6 Å². The zero-order valence-corrected chi connectivity index (χ0v) is 26.1. The van der Waals surface area contributed by atoms with Crippen molar-refractivity contribution < 1.29 is 51.7 Å². The maximum atomic E-state index is 14.2. The van der Waals surface area contributed by atoms with E-state index in [2.05, 4.69) is 0 Å². The zero-order chi connectivity index (χ0) is 34.8. The quantitative estimate of drug-likeness (QED) is 0.0665. The van der Waals surface area contributed by atoms with Gasteiger partial charge in [0.1, 0.15) is 6.61 Å². The molecule has 0 aliphatic carbocycles. The topological polar surface area (TPSA) is 205 Å². The summed E-state index contributed by atoms with van der Waals surface area (Å²) in [5.74, 6) is -5.38. The molecule has 46 heavy (non-hydrogen) atoms. The fourth-order valence-electron chi connectivity index (χ4n) is 3.75. The number of amides is 2. The van der Waals surface area contributed by atoms with Crippen LogP contribution in [-0.2, 0) is 30.5 Å². The van der Waals surface area contributed by atoms with Crippen LogP contribution in [-0.4, -0.2) is 82.3 Å². The molecule has 0 radical (unpaired) electrons. The number of ether oxygens (including phenoxy) is 2. The summed E-state index contributed by atoms with van der Waals surface area (Å²) < 4.78 is 42.6. The Balaban J connectivity index is 0.00000135. The highest BCUT2D eigenvalue weighted by Gasteiger charge is 2.59. The summed E-state index contributed by atoms with van der Waals surface area (Å²) in [5.41, 5.74) is 18.3. The molecule has 0 bridgehead atoms. The number of carbonyl (C=O) groups is 5. The molecule has 0 aliphatic rings. The molecule has 254 valence electrons. The number of benzene rings is 2. The summed E-state index contributed by atoms with van der Waals surface area (Å²) in [6.07, 6.45) is -4.57. The number of aliphatic carboxylic acids is 1. The Kier molecular flexibility index (Phi) is 17.6. The molecular weight excluding hydrogens is 633 g/mol. The van der Waals surface area contributed by atoms with Crippen molar-refractivity contribution in [2.75, 3.05) is 25.4 Å². The number of unbranched alkanes of at least 4 members (excludes halogenated alkanes) is 1. The van der Waals surface area contributed by atoms with Gasteiger partial charge in [-0.3, -0.25) is 9.59 Å². The van der Waals surface area contributed by atoms with Crippen LogP contribution in [0.2, 0.25) is 0 Å². The van der Waals surface area contributed by atoms with Crippen molar-refractivity contribution in [3.63, 3.8) is 0 Å². The lowest BCUT2D eigenvalue weighted by molar-refractivity contribution is -0.192. The fourth-order valence-corrected chi connectivity index (χ4v) is 5.07. The van der Waals surface area contributed by atoms with E-state index >= 15 is 0 Å². The predicted molar refractivity (Wildman–Crippen MR) is 164 cm³/mol. The highest BCUT2D eigenvalue weighted by Crippen LogP contribution is 2.37. The SMILES string of the molecule is CCOC(=O)C(SCCCN)(C(=O)c1ccccc1)N(C(=O)OCc1ccccc1)C(=O)[C@@H](N)CCCCN.O=C(O)C(F)(F)F. The average molecular weight is 673 g/mol. The minimum absolute atomic E-state index is 0.0935. The third kappa shape index (κ3) is 12.1. The van der Waals surface area contributed by atoms with Crippen molar-refractivity contribution in [2.45, 2.75) is 56.3 Å². The highest BCUT2D eigenvalue weighted by molar-refractivity contribution is 8.02. The van der Waals surface area contributed by atoms with Crippen LogP contribution in [0.25, 0.3) is 0 Å². The van der Waals surface area contributed by atoms with E-state index in [-0.39, 0.29) is 37.5 Å². The molecule has 2 aromatic rings. The maximum Gasteiger partial charge on any atom is 0.490 e. The number of carboxylic acid groups (broad SMARTS) is 1. The molecule has 0 heterocycles. The van der Waals surface area contributed by atoms with Crippen LogP contribution in [0.3, 0.4) is 0 Å². The van der Waals surface area contributed by atoms with E-state index in [0.29, 0.717) is 36.3 Å². The summed E-state index contributed by atoms with van der Waals surface area (Å²) >= 11 is 0.801. The molecule has 1 unspecified atom stereocenters. The number of hydrogen-bond acceptors (Lipinski definition) is 11. The van der Waals surface area contributed by atoms with Gasteiger partial charge in [-0.25, -0.2) is 19.3 Å². The number of ketones is 1. The molecule has 2 atom stereocenters. The second-order valence-electron chi connectivity index (χ2n) is 9.46. The second kappa shape index (κ2) is 20.2. The van der Waals surface area contributed by atoms with Gasteiger partial charge >= 0.3 is 24.2 Å². The summed E-state index contributed by atoms with van der Waals surface area (Å²) in [5, 5.41) is 7.12. The third-order valence-electron chi connectivity index (χ3n) is 6.01. The number of Topliss-reactive ketones (excluding diaryl/α,β-unsaturated/α-hetero) is 1. The van der Waals surface area contributed by atoms with Crippen LogP contribution < -0.4 is 17.2 Å². The van der Waals surface area contributed by atoms with Crippen LogP contribution in [0.4, 0.5) is 18.0 Å². The molecule has 0 aliphatic heterocycles. The lowest BCUT2D eigenvalue weighted by Gasteiger charge is -2.38. The number of alkyl halides is 3. The van der Waals surface area contributed by atoms with Crippen molar-refractivity contribution in [2.24, 2.45) is 17.2 Å². The Bertz CT molecular complexity index is 1270. The first kappa shape index (κ1) is 40.0.